The zero-order chi connectivity index (χ0) is 22.4. The SMILES string of the molecule is COC(=O)C1(C(=O)OC)CC=C(/C=C/c2ccc(OC)c(OC)c2)c2ccccc2C1. The number of allylic oxidation sites excluding steroid dienone is 3. The van der Waals surface area contributed by atoms with Gasteiger partial charge in [-0.25, -0.2) is 0 Å². The van der Waals surface area contributed by atoms with Crippen LogP contribution in [0.15, 0.2) is 54.6 Å². The lowest BCUT2D eigenvalue weighted by Gasteiger charge is -2.26. The molecule has 0 N–H and O–H groups in total. The molecule has 31 heavy (non-hydrogen) atoms. The first-order valence-corrected chi connectivity index (χ1v) is 9.84. The number of hydrogen-bond acceptors (Lipinski definition) is 6. The lowest BCUT2D eigenvalue weighted by atomic mass is 9.79. The largest absolute Gasteiger partial charge is 0.493 e. The van der Waals surface area contributed by atoms with Gasteiger partial charge in [0.25, 0.3) is 0 Å². The highest BCUT2D eigenvalue weighted by Crippen LogP contribution is 2.39. The van der Waals surface area contributed by atoms with Crippen LogP contribution in [0.4, 0.5) is 0 Å². The Kier molecular flexibility index (Phi) is 6.80. The molecule has 6 nitrogen and oxygen atoms in total. The summed E-state index contributed by atoms with van der Waals surface area (Å²) in [6.07, 6.45) is 6.18. The number of benzene rings is 2. The zero-order valence-corrected chi connectivity index (χ0v) is 18.1. The Balaban J connectivity index is 2.04. The van der Waals surface area contributed by atoms with E-state index in [0.29, 0.717) is 11.5 Å². The first kappa shape index (κ1) is 22.2. The molecule has 3 rings (SSSR count). The minimum Gasteiger partial charge on any atom is -0.493 e. The smallest absolute Gasteiger partial charge is 0.323 e. The number of hydrogen-bond donors (Lipinski definition) is 0. The van der Waals surface area contributed by atoms with Crippen molar-refractivity contribution in [2.45, 2.75) is 12.8 Å². The monoisotopic (exact) mass is 422 g/mol. The first-order chi connectivity index (χ1) is 15.0. The van der Waals surface area contributed by atoms with E-state index in [0.717, 1.165) is 22.3 Å². The minimum atomic E-state index is -1.42. The predicted octanol–water partition coefficient (Wildman–Crippen LogP) is 4.08. The number of fused-ring (bicyclic) bond motifs is 1. The van der Waals surface area contributed by atoms with E-state index < -0.39 is 17.4 Å². The first-order valence-electron chi connectivity index (χ1n) is 9.84. The van der Waals surface area contributed by atoms with Gasteiger partial charge in [0.2, 0.25) is 0 Å². The van der Waals surface area contributed by atoms with Gasteiger partial charge in [0.1, 0.15) is 0 Å². The predicted molar refractivity (Wildman–Crippen MR) is 118 cm³/mol. The van der Waals surface area contributed by atoms with Gasteiger partial charge in [-0.3, -0.25) is 9.59 Å². The van der Waals surface area contributed by atoms with Gasteiger partial charge in [-0.1, -0.05) is 48.6 Å². The molecule has 0 radical (unpaired) electrons. The van der Waals surface area contributed by atoms with Crippen molar-refractivity contribution in [2.75, 3.05) is 28.4 Å². The van der Waals surface area contributed by atoms with Gasteiger partial charge in [0, 0.05) is 6.42 Å². The summed E-state index contributed by atoms with van der Waals surface area (Å²) in [7, 11) is 5.75. The maximum Gasteiger partial charge on any atom is 0.323 e. The standard InChI is InChI=1S/C25H26O6/c1-28-21-12-10-17(15-22(21)29-2)9-11-18-13-14-25(23(26)30-3,24(27)31-4)16-19-7-5-6-8-20(18)19/h5-13,15H,14,16H2,1-4H3/b11-9+. The zero-order valence-electron chi connectivity index (χ0n) is 18.1. The molecule has 6 heteroatoms. The summed E-state index contributed by atoms with van der Waals surface area (Å²) in [5, 5.41) is 0. The number of methoxy groups -OCH3 is 4. The molecule has 0 saturated heterocycles. The van der Waals surface area contributed by atoms with Crippen LogP contribution in [0.5, 0.6) is 11.5 Å². The normalized spacial score (nSPS) is 14.8. The quantitative estimate of drug-likeness (QED) is 0.516. The molecule has 0 unspecified atom stereocenters. The van der Waals surface area contributed by atoms with Gasteiger partial charge in [0.15, 0.2) is 16.9 Å². The van der Waals surface area contributed by atoms with Crippen molar-refractivity contribution in [2.24, 2.45) is 5.41 Å². The highest BCUT2D eigenvalue weighted by molar-refractivity contribution is 6.01. The number of ether oxygens (including phenoxy) is 4. The summed E-state index contributed by atoms with van der Waals surface area (Å²) >= 11 is 0. The van der Waals surface area contributed by atoms with Crippen LogP contribution in [0.25, 0.3) is 11.6 Å². The molecule has 0 spiro atoms. The summed E-state index contributed by atoms with van der Waals surface area (Å²) in [4.78, 5) is 25.3. The van der Waals surface area contributed by atoms with E-state index in [4.69, 9.17) is 18.9 Å². The molecule has 0 saturated carbocycles. The van der Waals surface area contributed by atoms with Gasteiger partial charge < -0.3 is 18.9 Å². The molecule has 162 valence electrons. The fourth-order valence-corrected chi connectivity index (χ4v) is 3.83. The van der Waals surface area contributed by atoms with Crippen LogP contribution in [0.2, 0.25) is 0 Å². The van der Waals surface area contributed by atoms with E-state index in [1.165, 1.54) is 14.2 Å². The Labute approximate surface area is 182 Å². The maximum absolute atomic E-state index is 12.7. The topological polar surface area (TPSA) is 71.1 Å². The Bertz CT molecular complexity index is 1020. The van der Waals surface area contributed by atoms with E-state index in [9.17, 15) is 9.59 Å². The molecule has 0 fully saturated rings. The van der Waals surface area contributed by atoms with Crippen LogP contribution in [0, 0.1) is 5.41 Å². The summed E-state index contributed by atoms with van der Waals surface area (Å²) < 4.78 is 20.6. The summed E-state index contributed by atoms with van der Waals surface area (Å²) in [5.74, 6) is 0.0842. The average Bonchev–Trinajstić information content (AvgIpc) is 2.99. The van der Waals surface area contributed by atoms with E-state index in [-0.39, 0.29) is 12.8 Å². The number of carbonyl (C=O) groups excluding carboxylic acids is 2. The third-order valence-corrected chi connectivity index (χ3v) is 5.51. The van der Waals surface area contributed by atoms with Crippen LogP contribution in [0.3, 0.4) is 0 Å². The molecule has 1 aliphatic rings. The van der Waals surface area contributed by atoms with Crippen LogP contribution in [-0.4, -0.2) is 40.4 Å². The van der Waals surface area contributed by atoms with Gasteiger partial charge in [-0.15, -0.1) is 0 Å². The minimum absolute atomic E-state index is 0.173. The fourth-order valence-electron chi connectivity index (χ4n) is 3.83. The Morgan fingerprint density at radius 1 is 0.871 bits per heavy atom. The third-order valence-electron chi connectivity index (χ3n) is 5.51. The molecule has 0 atom stereocenters. The molecule has 2 aromatic carbocycles. The highest BCUT2D eigenvalue weighted by atomic mass is 16.5. The van der Waals surface area contributed by atoms with Crippen molar-refractivity contribution in [1.82, 2.24) is 0 Å². The Hall–Kier alpha value is -3.54. The maximum atomic E-state index is 12.7. The van der Waals surface area contributed by atoms with Crippen LogP contribution < -0.4 is 9.47 Å². The second-order valence-corrected chi connectivity index (χ2v) is 7.21. The summed E-state index contributed by atoms with van der Waals surface area (Å²) in [6, 6.07) is 13.4. The van der Waals surface area contributed by atoms with Crippen LogP contribution in [-0.2, 0) is 25.5 Å². The van der Waals surface area contributed by atoms with E-state index in [1.807, 2.05) is 60.7 Å². The van der Waals surface area contributed by atoms with Crippen molar-refractivity contribution in [3.63, 3.8) is 0 Å². The lowest BCUT2D eigenvalue weighted by molar-refractivity contribution is -0.168. The van der Waals surface area contributed by atoms with E-state index in [1.54, 1.807) is 14.2 Å². The highest BCUT2D eigenvalue weighted by Gasteiger charge is 2.49. The third kappa shape index (κ3) is 4.33. The molecular formula is C25H26O6. The van der Waals surface area contributed by atoms with Crippen molar-refractivity contribution >= 4 is 23.6 Å². The van der Waals surface area contributed by atoms with Crippen molar-refractivity contribution < 1.29 is 28.5 Å². The summed E-state index contributed by atoms with van der Waals surface area (Å²) in [6.45, 7) is 0. The Morgan fingerprint density at radius 3 is 2.19 bits per heavy atom. The number of esters is 2. The summed E-state index contributed by atoms with van der Waals surface area (Å²) in [5.41, 5.74) is 2.24. The molecular weight excluding hydrogens is 396 g/mol. The van der Waals surface area contributed by atoms with Crippen molar-refractivity contribution in [3.05, 3.63) is 71.3 Å². The fraction of sp³-hybridized carbons (Fsp3) is 0.280. The average molecular weight is 422 g/mol. The number of carbonyl (C=O) groups is 2. The second-order valence-electron chi connectivity index (χ2n) is 7.21. The van der Waals surface area contributed by atoms with Crippen LogP contribution in [0.1, 0.15) is 23.1 Å². The molecule has 0 aliphatic heterocycles. The second kappa shape index (κ2) is 9.51. The van der Waals surface area contributed by atoms with Crippen molar-refractivity contribution in [3.8, 4) is 11.5 Å². The van der Waals surface area contributed by atoms with Gasteiger partial charge >= 0.3 is 11.9 Å². The Morgan fingerprint density at radius 2 is 1.55 bits per heavy atom. The molecule has 1 aliphatic carbocycles. The van der Waals surface area contributed by atoms with Gasteiger partial charge in [-0.2, -0.15) is 0 Å². The number of rotatable bonds is 6. The lowest BCUT2D eigenvalue weighted by Crippen LogP contribution is -2.42. The molecule has 2 aromatic rings. The molecule has 0 heterocycles. The van der Waals surface area contributed by atoms with Gasteiger partial charge in [-0.05, 0) is 40.8 Å². The molecule has 0 bridgehead atoms. The van der Waals surface area contributed by atoms with Crippen molar-refractivity contribution in [1.29, 1.82) is 0 Å². The van der Waals surface area contributed by atoms with E-state index >= 15 is 0 Å². The van der Waals surface area contributed by atoms with Crippen LogP contribution >= 0.6 is 0 Å². The molecule has 0 amide bonds. The molecule has 0 aromatic heterocycles. The van der Waals surface area contributed by atoms with Gasteiger partial charge in [0.05, 0.1) is 28.4 Å². The van der Waals surface area contributed by atoms with E-state index in [2.05, 4.69) is 0 Å².